The number of ether oxygens (including phenoxy) is 1. The first-order valence-electron chi connectivity index (χ1n) is 7.53. The van der Waals surface area contributed by atoms with Gasteiger partial charge in [-0.05, 0) is 53.6 Å². The van der Waals surface area contributed by atoms with Crippen LogP contribution >= 0.6 is 0 Å². The van der Waals surface area contributed by atoms with Crippen molar-refractivity contribution in [1.82, 2.24) is 14.8 Å². The molecule has 2 heterocycles. The molecule has 5 nitrogen and oxygen atoms in total. The fraction of sp³-hybridized carbons (Fsp3) is 0.111. The minimum absolute atomic E-state index is 0.112. The van der Waals surface area contributed by atoms with E-state index in [1.807, 2.05) is 28.8 Å². The minimum atomic E-state index is -0.253. The third kappa shape index (κ3) is 2.52. The summed E-state index contributed by atoms with van der Waals surface area (Å²) in [5.74, 6) is 1.20. The van der Waals surface area contributed by atoms with Crippen LogP contribution in [0.4, 0.5) is 10.3 Å². The summed E-state index contributed by atoms with van der Waals surface area (Å²) in [6, 6.07) is 14.1. The lowest BCUT2D eigenvalue weighted by molar-refractivity contribution is 0.415. The van der Waals surface area contributed by atoms with Gasteiger partial charge in [0.05, 0.1) is 18.8 Å². The number of anilines is 1. The average molecular weight is 322 g/mol. The van der Waals surface area contributed by atoms with Crippen molar-refractivity contribution in [3.8, 4) is 5.75 Å². The van der Waals surface area contributed by atoms with E-state index < -0.39 is 0 Å². The smallest absolute Gasteiger partial charge is 0.229 e. The summed E-state index contributed by atoms with van der Waals surface area (Å²) in [7, 11) is 1.64. The Labute approximate surface area is 138 Å². The number of fused-ring (bicyclic) bond motifs is 1. The Morgan fingerprint density at radius 2 is 1.83 bits per heavy atom. The molecule has 6 heteroatoms. The molecule has 1 atom stereocenters. The fourth-order valence-corrected chi connectivity index (χ4v) is 2.78. The number of methoxy groups -OCH3 is 1. The van der Waals surface area contributed by atoms with Gasteiger partial charge in [0, 0.05) is 0 Å². The van der Waals surface area contributed by atoms with Crippen LogP contribution < -0.4 is 10.1 Å². The van der Waals surface area contributed by atoms with E-state index in [4.69, 9.17) is 4.74 Å². The number of nitrogens with zero attached hydrogens (tertiary/aromatic N) is 3. The zero-order valence-corrected chi connectivity index (χ0v) is 13.0. The highest BCUT2D eigenvalue weighted by Gasteiger charge is 2.22. The first-order chi connectivity index (χ1) is 11.7. The van der Waals surface area contributed by atoms with Crippen LogP contribution in [0.3, 0.4) is 0 Å². The molecule has 0 spiro atoms. The van der Waals surface area contributed by atoms with Gasteiger partial charge in [0.15, 0.2) is 0 Å². The summed E-state index contributed by atoms with van der Waals surface area (Å²) in [5, 5.41) is 11.4. The molecule has 120 valence electrons. The van der Waals surface area contributed by atoms with E-state index in [9.17, 15) is 4.39 Å². The summed E-state index contributed by atoms with van der Waals surface area (Å²) in [6.07, 6.45) is 3.74. The first kappa shape index (κ1) is 14.4. The van der Waals surface area contributed by atoms with Crippen molar-refractivity contribution in [2.24, 2.45) is 0 Å². The van der Waals surface area contributed by atoms with Crippen LogP contribution in [0.15, 0.2) is 60.9 Å². The van der Waals surface area contributed by atoms with Gasteiger partial charge in [-0.15, -0.1) is 10.2 Å². The van der Waals surface area contributed by atoms with E-state index in [1.165, 1.54) is 12.1 Å². The molecule has 0 fully saturated rings. The van der Waals surface area contributed by atoms with Crippen molar-refractivity contribution >= 4 is 11.6 Å². The van der Waals surface area contributed by atoms with Crippen molar-refractivity contribution < 1.29 is 9.13 Å². The SMILES string of the molecule is COc1ccc(C2=CC(c3ccc(F)cc3)Nc3nncn32)cc1. The van der Waals surface area contributed by atoms with Gasteiger partial charge in [-0.25, -0.2) is 4.39 Å². The van der Waals surface area contributed by atoms with Crippen molar-refractivity contribution in [2.75, 3.05) is 12.4 Å². The molecule has 0 radical (unpaired) electrons. The van der Waals surface area contributed by atoms with Crippen molar-refractivity contribution in [2.45, 2.75) is 6.04 Å². The minimum Gasteiger partial charge on any atom is -0.497 e. The number of halogens is 1. The van der Waals surface area contributed by atoms with E-state index in [-0.39, 0.29) is 11.9 Å². The second-order valence-corrected chi connectivity index (χ2v) is 5.48. The Hall–Kier alpha value is -3.15. The molecule has 4 rings (SSSR count). The summed E-state index contributed by atoms with van der Waals surface area (Å²) >= 11 is 0. The number of hydrogen-bond donors (Lipinski definition) is 1. The van der Waals surface area contributed by atoms with Crippen LogP contribution in [0.2, 0.25) is 0 Å². The van der Waals surface area contributed by atoms with Gasteiger partial charge < -0.3 is 10.1 Å². The van der Waals surface area contributed by atoms with E-state index in [0.717, 1.165) is 22.6 Å². The maximum Gasteiger partial charge on any atom is 0.229 e. The van der Waals surface area contributed by atoms with Crippen molar-refractivity contribution in [3.05, 3.63) is 77.9 Å². The Bertz CT molecular complexity index is 884. The maximum absolute atomic E-state index is 13.2. The van der Waals surface area contributed by atoms with Gasteiger partial charge in [-0.2, -0.15) is 0 Å². The molecule has 1 unspecified atom stereocenters. The lowest BCUT2D eigenvalue weighted by atomic mass is 10.0. The van der Waals surface area contributed by atoms with E-state index in [2.05, 4.69) is 21.6 Å². The maximum atomic E-state index is 13.2. The second kappa shape index (κ2) is 5.81. The van der Waals surface area contributed by atoms with Crippen molar-refractivity contribution in [1.29, 1.82) is 0 Å². The molecule has 0 bridgehead atoms. The molecule has 24 heavy (non-hydrogen) atoms. The van der Waals surface area contributed by atoms with Gasteiger partial charge in [-0.1, -0.05) is 12.1 Å². The standard InChI is InChI=1S/C18H15FN4O/c1-24-15-8-4-13(5-9-15)17-10-16(12-2-6-14(19)7-3-12)21-18-22-20-11-23(17)18/h2-11,16H,1H3,(H,21,22). The molecule has 0 saturated heterocycles. The predicted octanol–water partition coefficient (Wildman–Crippen LogP) is 3.48. The lowest BCUT2D eigenvalue weighted by Gasteiger charge is -2.25. The van der Waals surface area contributed by atoms with E-state index in [1.54, 1.807) is 25.6 Å². The van der Waals surface area contributed by atoms with Crippen LogP contribution in [-0.4, -0.2) is 21.9 Å². The van der Waals surface area contributed by atoms with Crippen LogP contribution in [0.1, 0.15) is 17.2 Å². The van der Waals surface area contributed by atoms with Crippen LogP contribution in [0.25, 0.3) is 5.70 Å². The monoisotopic (exact) mass is 322 g/mol. The Balaban J connectivity index is 1.77. The van der Waals surface area contributed by atoms with Crippen LogP contribution in [-0.2, 0) is 0 Å². The van der Waals surface area contributed by atoms with Crippen LogP contribution in [0, 0.1) is 5.82 Å². The highest BCUT2D eigenvalue weighted by molar-refractivity contribution is 5.72. The summed E-state index contributed by atoms with van der Waals surface area (Å²) in [4.78, 5) is 0. The van der Waals surface area contributed by atoms with Gasteiger partial charge in [-0.3, -0.25) is 4.57 Å². The molecule has 1 aliphatic heterocycles. The third-order valence-corrected chi connectivity index (χ3v) is 4.03. The number of aromatic nitrogens is 3. The Morgan fingerprint density at radius 3 is 2.54 bits per heavy atom. The molecule has 0 saturated carbocycles. The second-order valence-electron chi connectivity index (χ2n) is 5.48. The Morgan fingerprint density at radius 1 is 1.08 bits per heavy atom. The van der Waals surface area contributed by atoms with Gasteiger partial charge >= 0.3 is 0 Å². The predicted molar refractivity (Wildman–Crippen MR) is 89.2 cm³/mol. The molecule has 0 amide bonds. The number of benzene rings is 2. The lowest BCUT2D eigenvalue weighted by Crippen LogP contribution is -2.19. The molecule has 1 aromatic heterocycles. The summed E-state index contributed by atoms with van der Waals surface area (Å²) < 4.78 is 20.3. The van der Waals surface area contributed by atoms with Gasteiger partial charge in [0.25, 0.3) is 0 Å². The molecule has 1 aliphatic rings. The molecule has 2 aromatic carbocycles. The van der Waals surface area contributed by atoms with Gasteiger partial charge in [0.2, 0.25) is 5.95 Å². The zero-order chi connectivity index (χ0) is 16.5. The highest BCUT2D eigenvalue weighted by Crippen LogP contribution is 2.32. The number of hydrogen-bond acceptors (Lipinski definition) is 4. The van der Waals surface area contributed by atoms with Crippen LogP contribution in [0.5, 0.6) is 5.75 Å². The number of rotatable bonds is 3. The quantitative estimate of drug-likeness (QED) is 0.802. The molecule has 3 aromatic rings. The van der Waals surface area contributed by atoms with Crippen molar-refractivity contribution in [3.63, 3.8) is 0 Å². The van der Waals surface area contributed by atoms with E-state index >= 15 is 0 Å². The summed E-state index contributed by atoms with van der Waals surface area (Å²) in [6.45, 7) is 0. The molecule has 0 aliphatic carbocycles. The van der Waals surface area contributed by atoms with Gasteiger partial charge in [0.1, 0.15) is 17.9 Å². The Kier molecular flexibility index (Phi) is 3.49. The third-order valence-electron chi connectivity index (χ3n) is 4.03. The number of nitrogens with one attached hydrogen (secondary N) is 1. The topological polar surface area (TPSA) is 52.0 Å². The fourth-order valence-electron chi connectivity index (χ4n) is 2.78. The first-order valence-corrected chi connectivity index (χ1v) is 7.53. The largest absolute Gasteiger partial charge is 0.497 e. The molecule has 1 N–H and O–H groups in total. The normalized spacial score (nSPS) is 16.1. The zero-order valence-electron chi connectivity index (χ0n) is 13.0. The highest BCUT2D eigenvalue weighted by atomic mass is 19.1. The molecular weight excluding hydrogens is 307 g/mol. The summed E-state index contributed by atoms with van der Waals surface area (Å²) in [5.41, 5.74) is 2.94. The molecular formula is C18H15FN4O. The van der Waals surface area contributed by atoms with E-state index in [0.29, 0.717) is 5.95 Å². The average Bonchev–Trinajstić information content (AvgIpc) is 3.10.